The summed E-state index contributed by atoms with van der Waals surface area (Å²) in [6.45, 7) is 3.70. The minimum Gasteiger partial charge on any atom is -0.383 e. The molecule has 5 nitrogen and oxygen atoms in total. The van der Waals surface area contributed by atoms with Gasteiger partial charge in [-0.05, 0) is 12.1 Å². The van der Waals surface area contributed by atoms with Crippen LogP contribution in [0, 0.1) is 0 Å². The lowest BCUT2D eigenvalue weighted by atomic mass is 9.99. The summed E-state index contributed by atoms with van der Waals surface area (Å²) >= 11 is 0. The number of carbonyl (C=O) groups excluding carboxylic acids is 2. The molecule has 3 N–H and O–H groups in total. The van der Waals surface area contributed by atoms with Crippen LogP contribution >= 0.6 is 0 Å². The Morgan fingerprint density at radius 3 is 2.56 bits per heavy atom. The van der Waals surface area contributed by atoms with Crippen LogP contribution in [-0.4, -0.2) is 17.6 Å². The van der Waals surface area contributed by atoms with E-state index in [9.17, 15) is 9.59 Å². The van der Waals surface area contributed by atoms with E-state index < -0.39 is 0 Å². The Balaban J connectivity index is 2.33. The highest BCUT2D eigenvalue weighted by molar-refractivity contribution is 6.22. The van der Waals surface area contributed by atoms with Gasteiger partial charge < -0.3 is 11.1 Å². The van der Waals surface area contributed by atoms with Crippen molar-refractivity contribution in [1.82, 2.24) is 5.32 Å². The summed E-state index contributed by atoms with van der Waals surface area (Å²) in [4.78, 5) is 26.6. The molecule has 0 radical (unpaired) electrons. The van der Waals surface area contributed by atoms with Crippen molar-refractivity contribution in [2.75, 3.05) is 0 Å². The summed E-state index contributed by atoms with van der Waals surface area (Å²) in [5, 5.41) is 2.59. The summed E-state index contributed by atoms with van der Waals surface area (Å²) in [6.07, 6.45) is 0. The second kappa shape index (κ2) is 2.57. The summed E-state index contributed by atoms with van der Waals surface area (Å²) in [7, 11) is 0. The molecule has 0 saturated heterocycles. The lowest BCUT2D eigenvalue weighted by Crippen LogP contribution is -2.13. The number of rotatable bonds is 0. The Bertz CT molecular complexity index is 613. The van der Waals surface area contributed by atoms with E-state index in [-0.39, 0.29) is 17.6 Å². The fourth-order valence-electron chi connectivity index (χ4n) is 1.93. The SMILES string of the molecule is C=C1NC(=O)c2cc3c(cc21)C(=O)N=C3N. The predicted octanol–water partition coefficient (Wildman–Crippen LogP) is 0.260. The maximum atomic E-state index is 11.5. The third kappa shape index (κ3) is 0.916. The van der Waals surface area contributed by atoms with Crippen LogP contribution in [0.1, 0.15) is 31.8 Å². The van der Waals surface area contributed by atoms with Gasteiger partial charge in [0.05, 0.1) is 5.56 Å². The molecule has 2 heterocycles. The van der Waals surface area contributed by atoms with Crippen LogP contribution < -0.4 is 11.1 Å². The average molecular weight is 213 g/mol. The highest BCUT2D eigenvalue weighted by Crippen LogP contribution is 2.29. The van der Waals surface area contributed by atoms with Crippen molar-refractivity contribution < 1.29 is 9.59 Å². The van der Waals surface area contributed by atoms with E-state index in [2.05, 4.69) is 16.9 Å². The van der Waals surface area contributed by atoms with Crippen LogP contribution in [0.2, 0.25) is 0 Å². The maximum Gasteiger partial charge on any atom is 0.279 e. The van der Waals surface area contributed by atoms with E-state index >= 15 is 0 Å². The van der Waals surface area contributed by atoms with Crippen molar-refractivity contribution in [2.24, 2.45) is 10.7 Å². The Hall–Kier alpha value is -2.43. The van der Waals surface area contributed by atoms with Gasteiger partial charge in [0.2, 0.25) is 0 Å². The number of nitrogens with one attached hydrogen (secondary N) is 1. The van der Waals surface area contributed by atoms with Crippen molar-refractivity contribution in [3.8, 4) is 0 Å². The van der Waals surface area contributed by atoms with E-state index in [0.717, 1.165) is 0 Å². The van der Waals surface area contributed by atoms with Gasteiger partial charge in [-0.2, -0.15) is 4.99 Å². The number of hydrogen-bond acceptors (Lipinski definition) is 3. The Kier molecular flexibility index (Phi) is 1.42. The molecule has 5 heteroatoms. The molecule has 16 heavy (non-hydrogen) atoms. The van der Waals surface area contributed by atoms with Crippen LogP contribution in [-0.2, 0) is 0 Å². The predicted molar refractivity (Wildman–Crippen MR) is 58.0 cm³/mol. The molecule has 2 aliphatic rings. The quantitative estimate of drug-likeness (QED) is 0.648. The lowest BCUT2D eigenvalue weighted by Gasteiger charge is -2.01. The number of fused-ring (bicyclic) bond motifs is 2. The molecule has 0 atom stereocenters. The second-order valence-corrected chi connectivity index (χ2v) is 3.68. The third-order valence-corrected chi connectivity index (χ3v) is 2.72. The van der Waals surface area contributed by atoms with Crippen LogP contribution in [0.25, 0.3) is 5.70 Å². The van der Waals surface area contributed by atoms with E-state index in [1.165, 1.54) is 0 Å². The summed E-state index contributed by atoms with van der Waals surface area (Å²) < 4.78 is 0. The van der Waals surface area contributed by atoms with Gasteiger partial charge in [-0.15, -0.1) is 0 Å². The number of aliphatic imine (C=N–C) groups is 1. The first-order chi connectivity index (χ1) is 7.58. The number of nitrogens with zero attached hydrogens (tertiary/aromatic N) is 1. The molecule has 78 valence electrons. The standard InChI is InChI=1S/C11H7N3O2/c1-4-5-2-8-6(9(12)14-11(8)16)3-7(5)10(15)13-4/h2-3H,1H2,(H,13,15)(H2,12,14,16). The van der Waals surface area contributed by atoms with Crippen molar-refractivity contribution in [1.29, 1.82) is 0 Å². The molecule has 2 aliphatic heterocycles. The lowest BCUT2D eigenvalue weighted by molar-refractivity contribution is 0.0977. The Labute approximate surface area is 90.7 Å². The number of hydrogen-bond donors (Lipinski definition) is 2. The van der Waals surface area contributed by atoms with Gasteiger partial charge >= 0.3 is 0 Å². The van der Waals surface area contributed by atoms with Gasteiger partial charge in [0, 0.05) is 22.4 Å². The Morgan fingerprint density at radius 1 is 1.12 bits per heavy atom. The normalized spacial score (nSPS) is 17.0. The van der Waals surface area contributed by atoms with Gasteiger partial charge in [0.25, 0.3) is 11.8 Å². The first-order valence-electron chi connectivity index (χ1n) is 4.65. The van der Waals surface area contributed by atoms with E-state index in [0.29, 0.717) is 28.0 Å². The summed E-state index contributed by atoms with van der Waals surface area (Å²) in [5.41, 5.74) is 8.16. The minimum atomic E-state index is -0.373. The molecule has 1 aromatic carbocycles. The molecule has 0 unspecified atom stereocenters. The zero-order valence-corrected chi connectivity index (χ0v) is 8.20. The number of amides is 2. The van der Waals surface area contributed by atoms with Crippen molar-refractivity contribution in [3.63, 3.8) is 0 Å². The molecule has 0 fully saturated rings. The molecule has 1 aromatic rings. The molecule has 0 spiro atoms. The molecule has 2 amide bonds. The molecule has 0 saturated carbocycles. The van der Waals surface area contributed by atoms with Crippen molar-refractivity contribution in [3.05, 3.63) is 41.0 Å². The van der Waals surface area contributed by atoms with Crippen LogP contribution in [0.5, 0.6) is 0 Å². The van der Waals surface area contributed by atoms with E-state index in [1.807, 2.05) is 0 Å². The van der Waals surface area contributed by atoms with Gasteiger partial charge in [-0.25, -0.2) is 0 Å². The first kappa shape index (κ1) is 8.84. The second-order valence-electron chi connectivity index (χ2n) is 3.68. The number of amidine groups is 1. The monoisotopic (exact) mass is 213 g/mol. The fourth-order valence-corrected chi connectivity index (χ4v) is 1.93. The molecule has 0 aliphatic carbocycles. The van der Waals surface area contributed by atoms with E-state index in [4.69, 9.17) is 5.73 Å². The van der Waals surface area contributed by atoms with E-state index in [1.54, 1.807) is 12.1 Å². The number of nitrogens with two attached hydrogens (primary N) is 1. The zero-order valence-electron chi connectivity index (χ0n) is 8.20. The molecular weight excluding hydrogens is 206 g/mol. The van der Waals surface area contributed by atoms with Crippen LogP contribution in [0.3, 0.4) is 0 Å². The molecule has 3 rings (SSSR count). The smallest absolute Gasteiger partial charge is 0.279 e. The number of carbonyl (C=O) groups is 2. The van der Waals surface area contributed by atoms with Crippen LogP contribution in [0.15, 0.2) is 23.7 Å². The summed E-state index contributed by atoms with van der Waals surface area (Å²) in [5.74, 6) is -0.439. The van der Waals surface area contributed by atoms with Crippen molar-refractivity contribution in [2.45, 2.75) is 0 Å². The van der Waals surface area contributed by atoms with Gasteiger partial charge in [0.15, 0.2) is 0 Å². The molecular formula is C11H7N3O2. The minimum absolute atomic E-state index is 0.160. The number of benzene rings is 1. The van der Waals surface area contributed by atoms with Crippen LogP contribution in [0.4, 0.5) is 0 Å². The van der Waals surface area contributed by atoms with Gasteiger partial charge in [-0.3, -0.25) is 9.59 Å². The Morgan fingerprint density at radius 2 is 1.81 bits per heavy atom. The maximum absolute atomic E-state index is 11.5. The molecule has 0 aromatic heterocycles. The van der Waals surface area contributed by atoms with Crippen molar-refractivity contribution >= 4 is 23.3 Å². The van der Waals surface area contributed by atoms with Gasteiger partial charge in [0.1, 0.15) is 5.84 Å². The fraction of sp³-hybridized carbons (Fsp3) is 0. The molecule has 0 bridgehead atoms. The highest BCUT2D eigenvalue weighted by atomic mass is 16.2. The largest absolute Gasteiger partial charge is 0.383 e. The topological polar surface area (TPSA) is 84.5 Å². The average Bonchev–Trinajstić information content (AvgIpc) is 2.67. The van der Waals surface area contributed by atoms with Gasteiger partial charge in [-0.1, -0.05) is 6.58 Å². The first-order valence-corrected chi connectivity index (χ1v) is 4.65. The zero-order chi connectivity index (χ0) is 11.4. The highest BCUT2D eigenvalue weighted by Gasteiger charge is 2.29. The summed E-state index contributed by atoms with van der Waals surface area (Å²) in [6, 6.07) is 3.19. The third-order valence-electron chi connectivity index (χ3n) is 2.72.